The fourth-order valence-corrected chi connectivity index (χ4v) is 4.20. The molecule has 0 atom stereocenters. The Morgan fingerprint density at radius 1 is 1.27 bits per heavy atom. The summed E-state index contributed by atoms with van der Waals surface area (Å²) in [6.45, 7) is 0.374. The molecule has 3 N–H and O–H groups in total. The molecular formula is C18H21ClFN5O3S2. The standard InChI is InChI=1S/C18H20FN5O3S2.ClH/c1-29(26,27)22-15-4-2-14(3-5-15)17-7-6-16(28-17)11-23-12-21-24(18(23)25)10-13(8-19)9-20;/h2-8,12,22H,9-11,20H2,1H3;1H/b13-8+;. The van der Waals surface area contributed by atoms with Gasteiger partial charge in [0, 0.05) is 22.0 Å². The first-order chi connectivity index (χ1) is 13.8. The molecule has 0 saturated heterocycles. The minimum atomic E-state index is -3.32. The van der Waals surface area contributed by atoms with Crippen LogP contribution in [0.25, 0.3) is 10.4 Å². The number of anilines is 1. The maximum Gasteiger partial charge on any atom is 0.346 e. The summed E-state index contributed by atoms with van der Waals surface area (Å²) in [7, 11) is -3.32. The third-order valence-electron chi connectivity index (χ3n) is 4.03. The molecule has 0 aliphatic rings. The number of nitrogens with two attached hydrogens (primary N) is 1. The normalized spacial score (nSPS) is 11.9. The van der Waals surface area contributed by atoms with Crippen LogP contribution in [0, 0.1) is 0 Å². The Kier molecular flexibility index (Phi) is 7.96. The topological polar surface area (TPSA) is 112 Å². The van der Waals surface area contributed by atoms with Gasteiger partial charge in [-0.25, -0.2) is 22.3 Å². The average molecular weight is 474 g/mol. The number of nitrogens with one attached hydrogen (secondary N) is 1. The summed E-state index contributed by atoms with van der Waals surface area (Å²) in [5, 5.41) is 4.00. The van der Waals surface area contributed by atoms with Crippen molar-refractivity contribution in [3.8, 4) is 10.4 Å². The lowest BCUT2D eigenvalue weighted by molar-refractivity contribution is 0.604. The molecule has 0 fully saturated rings. The van der Waals surface area contributed by atoms with Gasteiger partial charge in [-0.3, -0.25) is 9.29 Å². The van der Waals surface area contributed by atoms with Crippen LogP contribution in [0.2, 0.25) is 0 Å². The average Bonchev–Trinajstić information content (AvgIpc) is 3.27. The minimum Gasteiger partial charge on any atom is -0.327 e. The molecule has 0 saturated carbocycles. The molecule has 0 radical (unpaired) electrons. The van der Waals surface area contributed by atoms with Gasteiger partial charge in [-0.2, -0.15) is 5.10 Å². The molecular weight excluding hydrogens is 453 g/mol. The van der Waals surface area contributed by atoms with E-state index < -0.39 is 10.0 Å². The lowest BCUT2D eigenvalue weighted by Crippen LogP contribution is -2.26. The van der Waals surface area contributed by atoms with E-state index in [-0.39, 0.29) is 36.8 Å². The quantitative estimate of drug-likeness (QED) is 0.521. The van der Waals surface area contributed by atoms with Gasteiger partial charge >= 0.3 is 5.69 Å². The zero-order chi connectivity index (χ0) is 21.0. The van der Waals surface area contributed by atoms with Crippen molar-refractivity contribution >= 4 is 39.5 Å². The SMILES string of the molecule is CS(=O)(=O)Nc1ccc(-c2ccc(Cn3cnn(C/C(=C/F)CN)c3=O)s2)cc1.Cl. The third-order valence-corrected chi connectivity index (χ3v) is 5.75. The molecule has 2 heterocycles. The van der Waals surface area contributed by atoms with Crippen LogP contribution < -0.4 is 16.1 Å². The molecule has 12 heteroatoms. The number of benzene rings is 1. The maximum atomic E-state index is 12.7. The van der Waals surface area contributed by atoms with Crippen LogP contribution in [-0.2, 0) is 23.1 Å². The van der Waals surface area contributed by atoms with Crippen molar-refractivity contribution in [2.45, 2.75) is 13.1 Å². The summed E-state index contributed by atoms with van der Waals surface area (Å²) < 4.78 is 40.3. The van der Waals surface area contributed by atoms with Crippen LogP contribution in [0.4, 0.5) is 10.1 Å². The van der Waals surface area contributed by atoms with Crippen LogP contribution in [0.1, 0.15) is 4.88 Å². The van der Waals surface area contributed by atoms with Crippen molar-refractivity contribution in [3.05, 3.63) is 70.0 Å². The number of rotatable bonds is 8. The van der Waals surface area contributed by atoms with Crippen LogP contribution >= 0.6 is 23.7 Å². The van der Waals surface area contributed by atoms with Gasteiger partial charge in [-0.15, -0.1) is 23.7 Å². The molecule has 8 nitrogen and oxygen atoms in total. The largest absolute Gasteiger partial charge is 0.346 e. The molecule has 1 aromatic carbocycles. The fraction of sp³-hybridized carbons (Fsp3) is 0.222. The summed E-state index contributed by atoms with van der Waals surface area (Å²) >= 11 is 1.51. The molecule has 0 aliphatic heterocycles. The van der Waals surface area contributed by atoms with Gasteiger partial charge in [0.15, 0.2) is 0 Å². The lowest BCUT2D eigenvalue weighted by atomic mass is 10.2. The Morgan fingerprint density at radius 2 is 1.97 bits per heavy atom. The molecule has 162 valence electrons. The maximum absolute atomic E-state index is 12.7. The molecule has 0 amide bonds. The van der Waals surface area contributed by atoms with Crippen molar-refractivity contribution in [2.75, 3.05) is 17.5 Å². The highest BCUT2D eigenvalue weighted by Crippen LogP contribution is 2.29. The molecule has 3 aromatic rings. The summed E-state index contributed by atoms with van der Waals surface area (Å²) in [6, 6.07) is 10.9. The summed E-state index contributed by atoms with van der Waals surface area (Å²) in [5.74, 6) is 0. The molecule has 3 rings (SSSR count). The second kappa shape index (κ2) is 10.0. The van der Waals surface area contributed by atoms with E-state index in [1.807, 2.05) is 24.3 Å². The van der Waals surface area contributed by atoms with E-state index in [1.165, 1.54) is 26.9 Å². The number of hydrogen-bond donors (Lipinski definition) is 2. The summed E-state index contributed by atoms with van der Waals surface area (Å²) in [5.41, 5.74) is 6.78. The highest BCUT2D eigenvalue weighted by atomic mass is 35.5. The Hall–Kier alpha value is -2.47. The van der Waals surface area contributed by atoms with E-state index in [1.54, 1.807) is 12.1 Å². The van der Waals surface area contributed by atoms with E-state index >= 15 is 0 Å². The summed E-state index contributed by atoms with van der Waals surface area (Å²) in [6.07, 6.45) is 2.91. The molecule has 0 spiro atoms. The van der Waals surface area contributed by atoms with E-state index in [0.717, 1.165) is 21.6 Å². The van der Waals surface area contributed by atoms with Gasteiger partial charge in [-0.1, -0.05) is 12.1 Å². The van der Waals surface area contributed by atoms with Crippen molar-refractivity contribution in [3.63, 3.8) is 0 Å². The number of hydrogen-bond acceptors (Lipinski definition) is 6. The van der Waals surface area contributed by atoms with Gasteiger partial charge in [0.25, 0.3) is 0 Å². The summed E-state index contributed by atoms with van der Waals surface area (Å²) in [4.78, 5) is 14.3. The molecule has 0 aliphatic carbocycles. The molecule has 30 heavy (non-hydrogen) atoms. The van der Waals surface area contributed by atoms with Crippen molar-refractivity contribution in [1.29, 1.82) is 0 Å². The first kappa shape index (κ1) is 23.8. The van der Waals surface area contributed by atoms with E-state index in [4.69, 9.17) is 5.73 Å². The van der Waals surface area contributed by atoms with Crippen LogP contribution in [0.5, 0.6) is 0 Å². The highest BCUT2D eigenvalue weighted by Gasteiger charge is 2.10. The highest BCUT2D eigenvalue weighted by molar-refractivity contribution is 7.92. The smallest absolute Gasteiger partial charge is 0.327 e. The zero-order valence-electron chi connectivity index (χ0n) is 16.0. The predicted molar refractivity (Wildman–Crippen MR) is 119 cm³/mol. The van der Waals surface area contributed by atoms with Gasteiger partial charge in [-0.05, 0) is 35.4 Å². The fourth-order valence-electron chi connectivity index (χ4n) is 2.63. The number of nitrogens with zero attached hydrogens (tertiary/aromatic N) is 3. The van der Waals surface area contributed by atoms with E-state index in [0.29, 0.717) is 18.6 Å². The van der Waals surface area contributed by atoms with Crippen molar-refractivity contribution < 1.29 is 12.8 Å². The van der Waals surface area contributed by atoms with Crippen LogP contribution in [0.15, 0.2) is 59.4 Å². The van der Waals surface area contributed by atoms with Gasteiger partial charge < -0.3 is 5.73 Å². The van der Waals surface area contributed by atoms with E-state index in [2.05, 4.69) is 9.82 Å². The molecule has 0 unspecified atom stereocenters. The third kappa shape index (κ3) is 6.02. The van der Waals surface area contributed by atoms with Crippen molar-refractivity contribution in [1.82, 2.24) is 14.3 Å². The molecule has 0 bridgehead atoms. The second-order valence-corrected chi connectivity index (χ2v) is 9.30. The van der Waals surface area contributed by atoms with Gasteiger partial charge in [0.05, 0.1) is 25.7 Å². The number of thiophene rings is 1. The minimum absolute atomic E-state index is 0. The monoisotopic (exact) mass is 473 g/mol. The number of halogens is 2. The predicted octanol–water partition coefficient (Wildman–Crippen LogP) is 2.43. The first-order valence-corrected chi connectivity index (χ1v) is 11.3. The Bertz CT molecular complexity index is 1180. The Balaban J connectivity index is 0.00000320. The van der Waals surface area contributed by atoms with Gasteiger partial charge in [0.1, 0.15) is 6.33 Å². The second-order valence-electron chi connectivity index (χ2n) is 6.39. The van der Waals surface area contributed by atoms with E-state index in [9.17, 15) is 17.6 Å². The van der Waals surface area contributed by atoms with Gasteiger partial charge in [0.2, 0.25) is 10.0 Å². The Morgan fingerprint density at radius 3 is 2.57 bits per heavy atom. The van der Waals surface area contributed by atoms with Crippen LogP contribution in [0.3, 0.4) is 0 Å². The number of sulfonamides is 1. The van der Waals surface area contributed by atoms with Crippen LogP contribution in [-0.4, -0.2) is 35.6 Å². The zero-order valence-corrected chi connectivity index (χ0v) is 18.4. The Labute approximate surface area is 183 Å². The molecule has 2 aromatic heterocycles. The lowest BCUT2D eigenvalue weighted by Gasteiger charge is -2.04. The van der Waals surface area contributed by atoms with Crippen molar-refractivity contribution in [2.24, 2.45) is 5.73 Å². The first-order valence-electron chi connectivity index (χ1n) is 8.56. The number of aromatic nitrogens is 3.